The molecule has 0 saturated heterocycles. The van der Waals surface area contributed by atoms with E-state index in [1.165, 1.54) is 24.8 Å². The predicted octanol–water partition coefficient (Wildman–Crippen LogP) is 3.30. The first-order valence-corrected chi connectivity index (χ1v) is 6.16. The molecule has 0 bridgehead atoms. The van der Waals surface area contributed by atoms with Crippen molar-refractivity contribution in [3.8, 4) is 0 Å². The van der Waals surface area contributed by atoms with Crippen LogP contribution in [0, 0.1) is 17.7 Å². The van der Waals surface area contributed by atoms with Crippen LogP contribution >= 0.6 is 0 Å². The number of hydrogen-bond acceptors (Lipinski definition) is 1. The van der Waals surface area contributed by atoms with E-state index in [0.29, 0.717) is 11.8 Å². The summed E-state index contributed by atoms with van der Waals surface area (Å²) in [6.45, 7) is 3.04. The first kappa shape index (κ1) is 11.6. The van der Waals surface area contributed by atoms with Crippen molar-refractivity contribution in [1.29, 1.82) is 0 Å². The Labute approximate surface area is 96.9 Å². The lowest BCUT2D eigenvalue weighted by Crippen LogP contribution is -2.28. The predicted molar refractivity (Wildman–Crippen MR) is 64.7 cm³/mol. The Morgan fingerprint density at radius 2 is 1.94 bits per heavy atom. The highest BCUT2D eigenvalue weighted by atomic mass is 19.1. The van der Waals surface area contributed by atoms with Gasteiger partial charge in [-0.15, -0.1) is 0 Å². The summed E-state index contributed by atoms with van der Waals surface area (Å²) in [5.41, 5.74) is 7.09. The molecule has 0 radical (unpaired) electrons. The van der Waals surface area contributed by atoms with Gasteiger partial charge >= 0.3 is 0 Å². The quantitative estimate of drug-likeness (QED) is 0.814. The van der Waals surface area contributed by atoms with Gasteiger partial charge in [-0.05, 0) is 54.8 Å². The second kappa shape index (κ2) is 4.96. The number of rotatable bonds is 2. The van der Waals surface area contributed by atoms with Gasteiger partial charge in [0.05, 0.1) is 0 Å². The van der Waals surface area contributed by atoms with E-state index in [9.17, 15) is 4.39 Å². The van der Waals surface area contributed by atoms with Crippen LogP contribution in [-0.4, -0.2) is 6.54 Å². The lowest BCUT2D eigenvalue weighted by molar-refractivity contribution is 0.253. The monoisotopic (exact) mass is 221 g/mol. The Hall–Kier alpha value is -0.890. The average Bonchev–Trinajstić information content (AvgIpc) is 2.30. The Bertz CT molecular complexity index is 333. The van der Waals surface area contributed by atoms with Crippen molar-refractivity contribution in [3.63, 3.8) is 0 Å². The van der Waals surface area contributed by atoms with Crippen molar-refractivity contribution >= 4 is 0 Å². The molecule has 1 aliphatic carbocycles. The number of benzene rings is 1. The molecule has 2 N–H and O–H groups in total. The van der Waals surface area contributed by atoms with E-state index >= 15 is 0 Å². The molecule has 2 heteroatoms. The molecule has 0 amide bonds. The van der Waals surface area contributed by atoms with E-state index in [4.69, 9.17) is 5.73 Å². The summed E-state index contributed by atoms with van der Waals surface area (Å²) in [6, 6.07) is 6.95. The van der Waals surface area contributed by atoms with Gasteiger partial charge in [-0.3, -0.25) is 0 Å². The van der Waals surface area contributed by atoms with E-state index in [1.54, 1.807) is 12.1 Å². The van der Waals surface area contributed by atoms with Crippen LogP contribution in [0.2, 0.25) is 0 Å². The average molecular weight is 221 g/mol. The van der Waals surface area contributed by atoms with Gasteiger partial charge < -0.3 is 5.73 Å². The van der Waals surface area contributed by atoms with Crippen molar-refractivity contribution in [2.45, 2.75) is 32.1 Å². The van der Waals surface area contributed by atoms with Crippen molar-refractivity contribution in [2.24, 2.45) is 17.6 Å². The van der Waals surface area contributed by atoms with E-state index in [2.05, 4.69) is 6.92 Å². The Morgan fingerprint density at radius 1 is 1.25 bits per heavy atom. The summed E-state index contributed by atoms with van der Waals surface area (Å²) in [7, 11) is 0. The molecule has 3 atom stereocenters. The summed E-state index contributed by atoms with van der Waals surface area (Å²) in [4.78, 5) is 0. The first-order chi connectivity index (χ1) is 7.70. The highest BCUT2D eigenvalue weighted by molar-refractivity contribution is 5.22. The third-order valence-corrected chi connectivity index (χ3v) is 3.86. The van der Waals surface area contributed by atoms with Crippen molar-refractivity contribution in [3.05, 3.63) is 35.6 Å². The molecule has 0 heterocycles. The second-order valence-electron chi connectivity index (χ2n) is 5.07. The molecular formula is C14H20FN. The summed E-state index contributed by atoms with van der Waals surface area (Å²) in [5, 5.41) is 0. The zero-order valence-corrected chi connectivity index (χ0v) is 9.83. The van der Waals surface area contributed by atoms with Crippen LogP contribution in [0.3, 0.4) is 0 Å². The smallest absolute Gasteiger partial charge is 0.123 e. The molecule has 0 aromatic heterocycles. The van der Waals surface area contributed by atoms with Gasteiger partial charge in [-0.1, -0.05) is 25.5 Å². The molecule has 1 fully saturated rings. The Morgan fingerprint density at radius 3 is 2.56 bits per heavy atom. The van der Waals surface area contributed by atoms with Gasteiger partial charge in [-0.2, -0.15) is 0 Å². The van der Waals surface area contributed by atoms with Crippen molar-refractivity contribution < 1.29 is 4.39 Å². The summed E-state index contributed by atoms with van der Waals surface area (Å²) >= 11 is 0. The fourth-order valence-electron chi connectivity index (χ4n) is 2.84. The van der Waals surface area contributed by atoms with Gasteiger partial charge in [0.15, 0.2) is 0 Å². The minimum absolute atomic E-state index is 0.156. The maximum atomic E-state index is 12.9. The highest BCUT2D eigenvalue weighted by Gasteiger charge is 2.28. The molecule has 1 nitrogen and oxygen atoms in total. The third kappa shape index (κ3) is 2.43. The van der Waals surface area contributed by atoms with Gasteiger partial charge in [0.1, 0.15) is 5.82 Å². The van der Waals surface area contributed by atoms with Crippen LogP contribution in [0.4, 0.5) is 4.39 Å². The van der Waals surface area contributed by atoms with Crippen LogP contribution in [0.5, 0.6) is 0 Å². The van der Waals surface area contributed by atoms with Crippen LogP contribution in [-0.2, 0) is 0 Å². The van der Waals surface area contributed by atoms with Gasteiger partial charge in [0.2, 0.25) is 0 Å². The number of halogens is 1. The lowest BCUT2D eigenvalue weighted by atomic mass is 9.72. The highest BCUT2D eigenvalue weighted by Crippen LogP contribution is 2.39. The molecule has 1 aromatic carbocycles. The molecule has 0 aliphatic heterocycles. The van der Waals surface area contributed by atoms with E-state index in [-0.39, 0.29) is 5.82 Å². The first-order valence-electron chi connectivity index (χ1n) is 6.16. The zero-order valence-electron chi connectivity index (χ0n) is 9.83. The minimum atomic E-state index is -0.156. The molecular weight excluding hydrogens is 201 g/mol. The molecule has 1 saturated carbocycles. The summed E-state index contributed by atoms with van der Waals surface area (Å²) in [6.07, 6.45) is 3.67. The second-order valence-corrected chi connectivity index (χ2v) is 5.07. The largest absolute Gasteiger partial charge is 0.330 e. The van der Waals surface area contributed by atoms with E-state index < -0.39 is 0 Å². The maximum Gasteiger partial charge on any atom is 0.123 e. The van der Waals surface area contributed by atoms with E-state index in [0.717, 1.165) is 12.5 Å². The summed E-state index contributed by atoms with van der Waals surface area (Å²) in [5.74, 6) is 1.70. The standard InChI is InChI=1S/C14H20FN/c1-10-2-3-12(9-16)14(8-10)11-4-6-13(15)7-5-11/h4-7,10,12,14H,2-3,8-9,16H2,1H3. The fraction of sp³-hybridized carbons (Fsp3) is 0.571. The normalized spacial score (nSPS) is 30.3. The number of nitrogens with two attached hydrogens (primary N) is 1. The molecule has 2 rings (SSSR count). The third-order valence-electron chi connectivity index (χ3n) is 3.86. The SMILES string of the molecule is CC1CCC(CN)C(c2ccc(F)cc2)C1. The van der Waals surface area contributed by atoms with Gasteiger partial charge in [0.25, 0.3) is 0 Å². The molecule has 16 heavy (non-hydrogen) atoms. The van der Waals surface area contributed by atoms with Gasteiger partial charge in [-0.25, -0.2) is 4.39 Å². The van der Waals surface area contributed by atoms with Crippen LogP contribution in [0.15, 0.2) is 24.3 Å². The summed E-state index contributed by atoms with van der Waals surface area (Å²) < 4.78 is 12.9. The molecule has 0 spiro atoms. The van der Waals surface area contributed by atoms with Crippen LogP contribution in [0.25, 0.3) is 0 Å². The zero-order chi connectivity index (χ0) is 11.5. The fourth-order valence-corrected chi connectivity index (χ4v) is 2.84. The Balaban J connectivity index is 2.18. The number of hydrogen-bond donors (Lipinski definition) is 1. The molecule has 3 unspecified atom stereocenters. The maximum absolute atomic E-state index is 12.9. The van der Waals surface area contributed by atoms with Crippen molar-refractivity contribution in [2.75, 3.05) is 6.54 Å². The molecule has 1 aliphatic rings. The Kier molecular flexibility index (Phi) is 3.59. The lowest BCUT2D eigenvalue weighted by Gasteiger charge is -2.34. The molecule has 88 valence electrons. The van der Waals surface area contributed by atoms with Gasteiger partial charge in [0, 0.05) is 0 Å². The van der Waals surface area contributed by atoms with Crippen LogP contribution < -0.4 is 5.73 Å². The van der Waals surface area contributed by atoms with Crippen molar-refractivity contribution in [1.82, 2.24) is 0 Å². The minimum Gasteiger partial charge on any atom is -0.330 e. The molecule has 1 aromatic rings. The van der Waals surface area contributed by atoms with Crippen LogP contribution in [0.1, 0.15) is 37.7 Å². The topological polar surface area (TPSA) is 26.0 Å². The van der Waals surface area contributed by atoms with E-state index in [1.807, 2.05) is 12.1 Å².